The van der Waals surface area contributed by atoms with Gasteiger partial charge in [-0.2, -0.15) is 0 Å². The molecule has 3 rings (SSSR count). The summed E-state index contributed by atoms with van der Waals surface area (Å²) < 4.78 is 0. The molecular weight excluding hydrogens is 318 g/mol. The van der Waals surface area contributed by atoms with Crippen LogP contribution in [0.15, 0.2) is 42.7 Å². The van der Waals surface area contributed by atoms with E-state index in [-0.39, 0.29) is 29.2 Å². The zero-order chi connectivity index (χ0) is 17.6. The largest absolute Gasteiger partial charge is 0.382 e. The van der Waals surface area contributed by atoms with E-state index in [1.165, 1.54) is 12.4 Å². The Balaban J connectivity index is 1.50. The van der Waals surface area contributed by atoms with Gasteiger partial charge in [0, 0.05) is 37.9 Å². The number of nitrogens with one attached hydrogen (secondary N) is 1. The molecule has 130 valence electrons. The maximum absolute atomic E-state index is 12.5. The first-order valence-electron chi connectivity index (χ1n) is 8.32. The number of benzene rings is 1. The van der Waals surface area contributed by atoms with Crippen molar-refractivity contribution in [3.05, 3.63) is 54.0 Å². The molecule has 25 heavy (non-hydrogen) atoms. The van der Waals surface area contributed by atoms with Gasteiger partial charge >= 0.3 is 0 Å². The predicted molar refractivity (Wildman–Crippen MR) is 93.4 cm³/mol. The Kier molecular flexibility index (Phi) is 5.23. The molecular formula is C18H21N5O2. The summed E-state index contributed by atoms with van der Waals surface area (Å²) in [6.45, 7) is 1.55. The zero-order valence-electron chi connectivity index (χ0n) is 13.9. The molecule has 2 aromatic rings. The van der Waals surface area contributed by atoms with Crippen LogP contribution in [0.3, 0.4) is 0 Å². The minimum absolute atomic E-state index is 0.0370. The van der Waals surface area contributed by atoms with E-state index in [0.29, 0.717) is 32.5 Å². The minimum Gasteiger partial charge on any atom is -0.382 e. The number of nitrogens with zero attached hydrogens (tertiary/aromatic N) is 3. The first-order chi connectivity index (χ1) is 12.1. The van der Waals surface area contributed by atoms with Gasteiger partial charge in [-0.15, -0.1) is 0 Å². The van der Waals surface area contributed by atoms with Crippen LogP contribution in [-0.2, 0) is 11.3 Å². The Morgan fingerprint density at radius 2 is 1.80 bits per heavy atom. The molecule has 1 aromatic carbocycles. The third kappa shape index (κ3) is 4.12. The maximum atomic E-state index is 12.5. The molecule has 1 saturated heterocycles. The number of nitrogen functional groups attached to an aromatic ring is 1. The van der Waals surface area contributed by atoms with Gasteiger partial charge in [0.1, 0.15) is 0 Å². The molecule has 2 heterocycles. The van der Waals surface area contributed by atoms with Gasteiger partial charge < -0.3 is 16.0 Å². The van der Waals surface area contributed by atoms with Gasteiger partial charge in [-0.3, -0.25) is 9.59 Å². The van der Waals surface area contributed by atoms with Gasteiger partial charge in [-0.05, 0) is 18.4 Å². The lowest BCUT2D eigenvalue weighted by Crippen LogP contribution is -2.43. The summed E-state index contributed by atoms with van der Waals surface area (Å²) in [7, 11) is 0. The zero-order valence-corrected chi connectivity index (χ0v) is 13.9. The van der Waals surface area contributed by atoms with E-state index in [0.717, 1.165) is 5.56 Å². The number of rotatable bonds is 4. The number of amides is 2. The van der Waals surface area contributed by atoms with Gasteiger partial charge in [0.15, 0.2) is 11.5 Å². The number of nitrogens with two attached hydrogens (primary N) is 1. The van der Waals surface area contributed by atoms with Crippen LogP contribution >= 0.6 is 0 Å². The number of anilines is 1. The highest BCUT2D eigenvalue weighted by atomic mass is 16.2. The third-order valence-corrected chi connectivity index (χ3v) is 4.39. The van der Waals surface area contributed by atoms with Gasteiger partial charge in [0.25, 0.3) is 5.91 Å². The SMILES string of the molecule is Nc1nccnc1C(=O)N1CCC(C(=O)NCc2ccccc2)CC1. The number of piperidine rings is 1. The average Bonchev–Trinajstić information content (AvgIpc) is 2.67. The Hall–Kier alpha value is -2.96. The van der Waals surface area contributed by atoms with Crippen molar-refractivity contribution in [2.45, 2.75) is 19.4 Å². The summed E-state index contributed by atoms with van der Waals surface area (Å²) >= 11 is 0. The highest BCUT2D eigenvalue weighted by Gasteiger charge is 2.29. The van der Waals surface area contributed by atoms with E-state index < -0.39 is 0 Å². The smallest absolute Gasteiger partial charge is 0.276 e. The van der Waals surface area contributed by atoms with Crippen molar-refractivity contribution in [3.63, 3.8) is 0 Å². The Morgan fingerprint density at radius 1 is 1.12 bits per heavy atom. The van der Waals surface area contributed by atoms with E-state index >= 15 is 0 Å². The minimum atomic E-state index is -0.228. The third-order valence-electron chi connectivity index (χ3n) is 4.39. The second-order valence-electron chi connectivity index (χ2n) is 6.06. The number of carbonyl (C=O) groups is 2. The molecule has 1 aliphatic rings. The summed E-state index contributed by atoms with van der Waals surface area (Å²) in [5.74, 6) is -0.133. The molecule has 0 unspecified atom stereocenters. The number of hydrogen-bond donors (Lipinski definition) is 2. The molecule has 7 heteroatoms. The van der Waals surface area contributed by atoms with E-state index in [4.69, 9.17) is 5.73 Å². The molecule has 7 nitrogen and oxygen atoms in total. The highest BCUT2D eigenvalue weighted by Crippen LogP contribution is 2.20. The van der Waals surface area contributed by atoms with Crippen LogP contribution in [0, 0.1) is 5.92 Å². The summed E-state index contributed by atoms with van der Waals surface area (Å²) in [6.07, 6.45) is 4.17. The first kappa shape index (κ1) is 16.9. The van der Waals surface area contributed by atoms with Gasteiger partial charge in [-0.1, -0.05) is 30.3 Å². The molecule has 0 radical (unpaired) electrons. The lowest BCUT2D eigenvalue weighted by molar-refractivity contribution is -0.126. The standard InChI is InChI=1S/C18H21N5O2/c19-16-15(20-8-9-21-16)18(25)23-10-6-14(7-11-23)17(24)22-12-13-4-2-1-3-5-13/h1-5,8-9,14H,6-7,10-12H2,(H2,19,21)(H,22,24). The number of hydrogen-bond acceptors (Lipinski definition) is 5. The molecule has 1 fully saturated rings. The fourth-order valence-corrected chi connectivity index (χ4v) is 2.94. The van der Waals surface area contributed by atoms with Crippen molar-refractivity contribution in [2.75, 3.05) is 18.8 Å². The summed E-state index contributed by atoms with van der Waals surface area (Å²) in [5, 5.41) is 2.97. The van der Waals surface area contributed by atoms with Crippen LogP contribution in [0.4, 0.5) is 5.82 Å². The van der Waals surface area contributed by atoms with Gasteiger partial charge in [-0.25, -0.2) is 9.97 Å². The Bertz CT molecular complexity index is 742. The van der Waals surface area contributed by atoms with Crippen molar-refractivity contribution in [2.24, 2.45) is 5.92 Å². The van der Waals surface area contributed by atoms with Crippen LogP contribution in [0.1, 0.15) is 28.9 Å². The van der Waals surface area contributed by atoms with Crippen molar-refractivity contribution in [1.82, 2.24) is 20.2 Å². The normalized spacial score (nSPS) is 15.0. The Morgan fingerprint density at radius 3 is 2.48 bits per heavy atom. The van der Waals surface area contributed by atoms with Gasteiger partial charge in [0.2, 0.25) is 5.91 Å². The predicted octanol–water partition coefficient (Wildman–Crippen LogP) is 1.23. The van der Waals surface area contributed by atoms with E-state index in [1.54, 1.807) is 4.90 Å². The molecule has 3 N–H and O–H groups in total. The molecule has 0 bridgehead atoms. The highest BCUT2D eigenvalue weighted by molar-refractivity contribution is 5.96. The molecule has 2 amide bonds. The second kappa shape index (κ2) is 7.74. The fraction of sp³-hybridized carbons (Fsp3) is 0.333. The molecule has 0 aliphatic carbocycles. The quantitative estimate of drug-likeness (QED) is 0.872. The van der Waals surface area contributed by atoms with Crippen LogP contribution in [0.5, 0.6) is 0 Å². The molecule has 1 aromatic heterocycles. The topological polar surface area (TPSA) is 101 Å². The Labute approximate surface area is 146 Å². The number of aromatic nitrogens is 2. The van der Waals surface area contributed by atoms with Crippen molar-refractivity contribution in [1.29, 1.82) is 0 Å². The average molecular weight is 339 g/mol. The van der Waals surface area contributed by atoms with E-state index in [2.05, 4.69) is 15.3 Å². The fourth-order valence-electron chi connectivity index (χ4n) is 2.94. The van der Waals surface area contributed by atoms with Crippen LogP contribution in [0.25, 0.3) is 0 Å². The first-order valence-corrected chi connectivity index (χ1v) is 8.32. The summed E-state index contributed by atoms with van der Waals surface area (Å²) in [5.41, 5.74) is 6.96. The maximum Gasteiger partial charge on any atom is 0.276 e. The van der Waals surface area contributed by atoms with Crippen LogP contribution < -0.4 is 11.1 Å². The number of likely N-dealkylation sites (tertiary alicyclic amines) is 1. The molecule has 0 spiro atoms. The molecule has 0 atom stereocenters. The molecule has 1 aliphatic heterocycles. The van der Waals surface area contributed by atoms with Crippen LogP contribution in [-0.4, -0.2) is 39.8 Å². The van der Waals surface area contributed by atoms with Crippen molar-refractivity contribution >= 4 is 17.6 Å². The van der Waals surface area contributed by atoms with Gasteiger partial charge in [0.05, 0.1) is 0 Å². The van der Waals surface area contributed by atoms with Crippen molar-refractivity contribution < 1.29 is 9.59 Å². The second-order valence-corrected chi connectivity index (χ2v) is 6.06. The van der Waals surface area contributed by atoms with Crippen molar-refractivity contribution in [3.8, 4) is 0 Å². The van der Waals surface area contributed by atoms with Crippen LogP contribution in [0.2, 0.25) is 0 Å². The lowest BCUT2D eigenvalue weighted by atomic mass is 9.95. The summed E-state index contributed by atoms with van der Waals surface area (Å²) in [6, 6.07) is 9.80. The summed E-state index contributed by atoms with van der Waals surface area (Å²) in [4.78, 5) is 34.4. The molecule has 0 saturated carbocycles. The monoisotopic (exact) mass is 339 g/mol. The van der Waals surface area contributed by atoms with E-state index in [1.807, 2.05) is 30.3 Å². The van der Waals surface area contributed by atoms with E-state index in [9.17, 15) is 9.59 Å². The number of carbonyl (C=O) groups excluding carboxylic acids is 2. The lowest BCUT2D eigenvalue weighted by Gasteiger charge is -2.31.